The number of likely N-dealkylation sites (tertiary alicyclic amines) is 2. The van der Waals surface area contributed by atoms with Crippen molar-refractivity contribution in [3.63, 3.8) is 0 Å². The molecule has 2 heterocycles. The fourth-order valence-corrected chi connectivity index (χ4v) is 5.03. The van der Waals surface area contributed by atoms with Crippen molar-refractivity contribution in [1.29, 1.82) is 0 Å². The van der Waals surface area contributed by atoms with Crippen molar-refractivity contribution < 1.29 is 9.47 Å². The van der Waals surface area contributed by atoms with E-state index in [1.54, 1.807) is 0 Å². The molecule has 4 rings (SSSR count). The third-order valence-electron chi connectivity index (χ3n) is 6.72. The predicted octanol–water partition coefficient (Wildman–Crippen LogP) is 4.05. The van der Waals surface area contributed by atoms with Gasteiger partial charge < -0.3 is 19.3 Å². The fraction of sp³-hybridized carbons (Fsp3) is 0.739. The molecular formula is C23H36N2O2. The summed E-state index contributed by atoms with van der Waals surface area (Å²) in [5.74, 6) is 2.75. The van der Waals surface area contributed by atoms with E-state index in [1.807, 2.05) is 24.3 Å². The molecule has 0 aromatic heterocycles. The molecule has 1 saturated carbocycles. The van der Waals surface area contributed by atoms with Crippen LogP contribution in [-0.4, -0.2) is 62.3 Å². The molecule has 2 saturated heterocycles. The molecule has 3 aliphatic rings. The summed E-state index contributed by atoms with van der Waals surface area (Å²) in [5.41, 5.74) is 0.668. The van der Waals surface area contributed by atoms with Crippen LogP contribution in [0.15, 0.2) is 24.3 Å². The summed E-state index contributed by atoms with van der Waals surface area (Å²) >= 11 is 0. The highest BCUT2D eigenvalue weighted by Crippen LogP contribution is 2.39. The Bertz CT molecular complexity index is 581. The van der Waals surface area contributed by atoms with Gasteiger partial charge in [-0.05, 0) is 101 Å². The normalized spacial score (nSPS) is 27.8. The lowest BCUT2D eigenvalue weighted by Crippen LogP contribution is -2.58. The lowest BCUT2D eigenvalue weighted by molar-refractivity contribution is -0.0315. The van der Waals surface area contributed by atoms with Crippen LogP contribution in [0.1, 0.15) is 45.4 Å². The van der Waals surface area contributed by atoms with Crippen LogP contribution >= 0.6 is 0 Å². The molecule has 1 aromatic carbocycles. The molecule has 2 aliphatic heterocycles. The number of ether oxygens (including phenoxy) is 2. The maximum absolute atomic E-state index is 5.95. The second-order valence-corrected chi connectivity index (χ2v) is 9.36. The maximum Gasteiger partial charge on any atom is 0.119 e. The molecule has 3 fully saturated rings. The van der Waals surface area contributed by atoms with Gasteiger partial charge in [0.2, 0.25) is 0 Å². The van der Waals surface area contributed by atoms with Crippen molar-refractivity contribution in [2.75, 3.05) is 46.4 Å². The second kappa shape index (κ2) is 8.40. The Morgan fingerprint density at radius 1 is 1.00 bits per heavy atom. The first kappa shape index (κ1) is 19.1. The zero-order chi connectivity index (χ0) is 18.7. The maximum atomic E-state index is 5.95. The van der Waals surface area contributed by atoms with Gasteiger partial charge in [0, 0.05) is 13.1 Å². The van der Waals surface area contributed by atoms with Gasteiger partial charge in [0.1, 0.15) is 11.5 Å². The van der Waals surface area contributed by atoms with Gasteiger partial charge in [-0.15, -0.1) is 0 Å². The Morgan fingerprint density at radius 3 is 2.30 bits per heavy atom. The van der Waals surface area contributed by atoms with Crippen LogP contribution in [0.2, 0.25) is 0 Å². The van der Waals surface area contributed by atoms with E-state index in [-0.39, 0.29) is 0 Å². The van der Waals surface area contributed by atoms with E-state index < -0.39 is 0 Å². The van der Waals surface area contributed by atoms with Crippen LogP contribution in [0.3, 0.4) is 0 Å². The zero-order valence-corrected chi connectivity index (χ0v) is 17.2. The van der Waals surface area contributed by atoms with E-state index >= 15 is 0 Å². The molecule has 4 nitrogen and oxygen atoms in total. The molecule has 0 amide bonds. The van der Waals surface area contributed by atoms with Gasteiger partial charge in [0.05, 0.1) is 12.7 Å². The molecular weight excluding hydrogens is 336 g/mol. The fourth-order valence-electron chi connectivity index (χ4n) is 5.03. The van der Waals surface area contributed by atoms with Crippen molar-refractivity contribution in [1.82, 2.24) is 9.80 Å². The minimum Gasteiger partial charge on any atom is -0.494 e. The van der Waals surface area contributed by atoms with Gasteiger partial charge in [-0.2, -0.15) is 0 Å². The summed E-state index contributed by atoms with van der Waals surface area (Å²) < 4.78 is 11.9. The quantitative estimate of drug-likeness (QED) is 0.643. The Hall–Kier alpha value is -1.26. The second-order valence-electron chi connectivity index (χ2n) is 9.36. The highest BCUT2D eigenvalue weighted by atomic mass is 16.5. The van der Waals surface area contributed by atoms with Crippen LogP contribution in [0.25, 0.3) is 0 Å². The Labute approximate surface area is 164 Å². The third-order valence-corrected chi connectivity index (χ3v) is 6.72. The Balaban J connectivity index is 1.06. The molecule has 0 radical (unpaired) electrons. The molecule has 27 heavy (non-hydrogen) atoms. The summed E-state index contributed by atoms with van der Waals surface area (Å²) in [6.07, 6.45) is 7.93. The Morgan fingerprint density at radius 2 is 1.67 bits per heavy atom. The molecule has 4 heteroatoms. The summed E-state index contributed by atoms with van der Waals surface area (Å²) in [7, 11) is 2.24. The first-order valence-electron chi connectivity index (χ1n) is 10.9. The van der Waals surface area contributed by atoms with Crippen molar-refractivity contribution in [2.45, 2.75) is 51.6 Å². The minimum absolute atomic E-state index is 0.418. The van der Waals surface area contributed by atoms with E-state index in [4.69, 9.17) is 9.47 Å². The number of rotatable bonds is 8. The van der Waals surface area contributed by atoms with Crippen molar-refractivity contribution in [3.05, 3.63) is 24.3 Å². The topological polar surface area (TPSA) is 24.9 Å². The lowest BCUT2D eigenvalue weighted by atomic mass is 9.72. The molecule has 1 aliphatic carbocycles. The average Bonchev–Trinajstić information content (AvgIpc) is 2.62. The summed E-state index contributed by atoms with van der Waals surface area (Å²) in [5, 5.41) is 0. The van der Waals surface area contributed by atoms with Gasteiger partial charge >= 0.3 is 0 Å². The molecule has 1 spiro atoms. The first-order chi connectivity index (χ1) is 13.1. The number of piperidine rings is 1. The highest BCUT2D eigenvalue weighted by molar-refractivity contribution is 5.31. The number of hydrogen-bond donors (Lipinski definition) is 0. The number of benzene rings is 1. The summed E-state index contributed by atoms with van der Waals surface area (Å²) in [6, 6.07) is 8.16. The first-order valence-corrected chi connectivity index (χ1v) is 10.9. The molecule has 0 bridgehead atoms. The summed E-state index contributed by atoms with van der Waals surface area (Å²) in [4.78, 5) is 5.11. The smallest absolute Gasteiger partial charge is 0.119 e. The lowest BCUT2D eigenvalue weighted by Gasteiger charge is -2.53. The Kier molecular flexibility index (Phi) is 5.93. The van der Waals surface area contributed by atoms with E-state index in [0.717, 1.165) is 30.4 Å². The summed E-state index contributed by atoms with van der Waals surface area (Å²) in [6.45, 7) is 9.53. The van der Waals surface area contributed by atoms with Gasteiger partial charge in [0.15, 0.2) is 0 Å². The number of unbranched alkanes of at least 4 members (excludes halogenated alkanes) is 1. The molecule has 150 valence electrons. The van der Waals surface area contributed by atoms with E-state index in [9.17, 15) is 0 Å². The number of hydrogen-bond acceptors (Lipinski definition) is 4. The van der Waals surface area contributed by atoms with Crippen molar-refractivity contribution in [3.8, 4) is 11.5 Å². The zero-order valence-electron chi connectivity index (χ0n) is 17.2. The van der Waals surface area contributed by atoms with Gasteiger partial charge in [-0.1, -0.05) is 6.92 Å². The van der Waals surface area contributed by atoms with Crippen LogP contribution < -0.4 is 9.47 Å². The average molecular weight is 373 g/mol. The van der Waals surface area contributed by atoms with Crippen LogP contribution in [0.5, 0.6) is 11.5 Å². The van der Waals surface area contributed by atoms with E-state index in [0.29, 0.717) is 11.5 Å². The van der Waals surface area contributed by atoms with Crippen molar-refractivity contribution >= 4 is 0 Å². The third kappa shape index (κ3) is 4.97. The number of nitrogens with zero attached hydrogens (tertiary/aromatic N) is 2. The van der Waals surface area contributed by atoms with Crippen molar-refractivity contribution in [2.24, 2.45) is 11.3 Å². The SMILES string of the molecule is CC1CC(Oc2ccc(OCCCCN3CCC4(CC3)CN(C)C4)cc2)C1. The van der Waals surface area contributed by atoms with E-state index in [1.165, 1.54) is 64.8 Å². The standard InChI is InChI=1S/C23H36N2O2/c1-19-15-22(16-19)27-21-7-5-20(6-8-21)26-14-4-3-11-25-12-9-23(10-13-25)17-24(2)18-23/h5-8,19,22H,3-4,9-18H2,1-2H3. The predicted molar refractivity (Wildman–Crippen MR) is 110 cm³/mol. The van der Waals surface area contributed by atoms with Crippen LogP contribution in [-0.2, 0) is 0 Å². The van der Waals surface area contributed by atoms with Gasteiger partial charge in [-0.25, -0.2) is 0 Å². The van der Waals surface area contributed by atoms with Gasteiger partial charge in [0.25, 0.3) is 0 Å². The van der Waals surface area contributed by atoms with Crippen LogP contribution in [0, 0.1) is 11.3 Å². The monoisotopic (exact) mass is 372 g/mol. The largest absolute Gasteiger partial charge is 0.494 e. The van der Waals surface area contributed by atoms with Crippen LogP contribution in [0.4, 0.5) is 0 Å². The van der Waals surface area contributed by atoms with Gasteiger partial charge in [-0.3, -0.25) is 0 Å². The van der Waals surface area contributed by atoms with E-state index in [2.05, 4.69) is 23.8 Å². The minimum atomic E-state index is 0.418. The molecule has 0 unspecified atom stereocenters. The highest BCUT2D eigenvalue weighted by Gasteiger charge is 2.42. The molecule has 1 aromatic rings. The molecule has 0 N–H and O–H groups in total. The molecule has 0 atom stereocenters.